The molecule has 0 aliphatic carbocycles. The van der Waals surface area contributed by atoms with Crippen molar-refractivity contribution in [3.63, 3.8) is 0 Å². The van der Waals surface area contributed by atoms with Gasteiger partial charge in [0, 0.05) is 13.1 Å². The third-order valence-electron chi connectivity index (χ3n) is 5.59. The van der Waals surface area contributed by atoms with E-state index in [1.54, 1.807) is 24.0 Å². The van der Waals surface area contributed by atoms with Crippen LogP contribution in [0.5, 0.6) is 0 Å². The van der Waals surface area contributed by atoms with E-state index >= 15 is 0 Å². The van der Waals surface area contributed by atoms with Gasteiger partial charge in [-0.1, -0.05) is 42.5 Å². The third kappa shape index (κ3) is 4.03. The molecule has 1 fully saturated rings. The molecule has 0 radical (unpaired) electrons. The first kappa shape index (κ1) is 20.0. The van der Waals surface area contributed by atoms with E-state index in [1.807, 2.05) is 18.2 Å². The Hall–Kier alpha value is -3.29. The van der Waals surface area contributed by atoms with Crippen LogP contribution in [0, 0.1) is 5.82 Å². The highest BCUT2D eigenvalue weighted by Gasteiger charge is 2.42. The van der Waals surface area contributed by atoms with Crippen LogP contribution < -0.4 is 0 Å². The summed E-state index contributed by atoms with van der Waals surface area (Å²) in [5.41, 5.74) is 1.58. The molecule has 30 heavy (non-hydrogen) atoms. The molecule has 1 aromatic heterocycles. The molecule has 7 nitrogen and oxygen atoms in total. The van der Waals surface area contributed by atoms with E-state index in [2.05, 4.69) is 27.5 Å². The lowest BCUT2D eigenvalue weighted by Crippen LogP contribution is -2.46. The lowest BCUT2D eigenvalue weighted by Gasteiger charge is -2.39. The van der Waals surface area contributed by atoms with Gasteiger partial charge in [0.25, 0.3) is 0 Å². The topological polar surface area (TPSA) is 73.1 Å². The van der Waals surface area contributed by atoms with Gasteiger partial charge >= 0.3 is 6.09 Å². The molecule has 8 heteroatoms. The molecular weight excluding hydrogens is 385 g/mol. The maximum absolute atomic E-state index is 13.2. The summed E-state index contributed by atoms with van der Waals surface area (Å²) < 4.78 is 18.3. The molecule has 2 heterocycles. The Morgan fingerprint density at radius 3 is 2.47 bits per heavy atom. The van der Waals surface area contributed by atoms with Crippen molar-refractivity contribution in [2.75, 3.05) is 19.7 Å². The van der Waals surface area contributed by atoms with E-state index in [1.165, 1.54) is 16.9 Å². The number of carbonyl (C=O) groups is 1. The molecule has 3 aromatic rings. The summed E-state index contributed by atoms with van der Waals surface area (Å²) in [5, 5.41) is 13.3. The van der Waals surface area contributed by atoms with Gasteiger partial charge in [0.15, 0.2) is 5.82 Å². The van der Waals surface area contributed by atoms with Crippen LogP contribution in [0.15, 0.2) is 54.6 Å². The zero-order valence-electron chi connectivity index (χ0n) is 16.9. The molecule has 1 aliphatic rings. The number of benzene rings is 2. The van der Waals surface area contributed by atoms with Crippen LogP contribution >= 0.6 is 0 Å². The van der Waals surface area contributed by atoms with E-state index in [-0.39, 0.29) is 11.9 Å². The van der Waals surface area contributed by atoms with E-state index in [0.717, 1.165) is 11.1 Å². The standard InChI is InChI=1S/C22H24FN5O2/c1-2-30-21(29)27-14-12-22(13-15-27,18-6-4-3-5-7-18)20-24-26-28(25-20)16-17-8-10-19(23)11-9-17/h3-11H,2,12-16H2,1H3. The monoisotopic (exact) mass is 409 g/mol. The van der Waals surface area contributed by atoms with Crippen molar-refractivity contribution in [2.45, 2.75) is 31.7 Å². The van der Waals surface area contributed by atoms with Crippen LogP contribution in [-0.2, 0) is 16.7 Å². The summed E-state index contributed by atoms with van der Waals surface area (Å²) >= 11 is 0. The average Bonchev–Trinajstić information content (AvgIpc) is 3.25. The molecular formula is C22H24FN5O2. The van der Waals surface area contributed by atoms with Gasteiger partial charge in [-0.25, -0.2) is 9.18 Å². The van der Waals surface area contributed by atoms with Gasteiger partial charge in [-0.15, -0.1) is 10.2 Å². The smallest absolute Gasteiger partial charge is 0.409 e. The van der Waals surface area contributed by atoms with Gasteiger partial charge < -0.3 is 9.64 Å². The summed E-state index contributed by atoms with van der Waals surface area (Å²) in [6.07, 6.45) is 1.07. The second kappa shape index (κ2) is 8.61. The largest absolute Gasteiger partial charge is 0.450 e. The predicted octanol–water partition coefficient (Wildman–Crippen LogP) is 3.40. The molecule has 0 saturated carbocycles. The van der Waals surface area contributed by atoms with Crippen molar-refractivity contribution in [1.29, 1.82) is 0 Å². The molecule has 2 aromatic carbocycles. The van der Waals surface area contributed by atoms with Crippen molar-refractivity contribution in [2.24, 2.45) is 0 Å². The molecule has 0 bridgehead atoms. The molecule has 1 aliphatic heterocycles. The number of hydrogen-bond donors (Lipinski definition) is 0. The third-order valence-corrected chi connectivity index (χ3v) is 5.59. The van der Waals surface area contributed by atoms with Gasteiger partial charge in [0.05, 0.1) is 18.6 Å². The first-order valence-corrected chi connectivity index (χ1v) is 10.1. The number of hydrogen-bond acceptors (Lipinski definition) is 5. The van der Waals surface area contributed by atoms with Crippen molar-refractivity contribution < 1.29 is 13.9 Å². The normalized spacial score (nSPS) is 15.7. The molecule has 0 unspecified atom stereocenters. The minimum Gasteiger partial charge on any atom is -0.450 e. The van der Waals surface area contributed by atoms with Gasteiger partial charge in [-0.05, 0) is 48.2 Å². The highest BCUT2D eigenvalue weighted by atomic mass is 19.1. The lowest BCUT2D eigenvalue weighted by molar-refractivity contribution is 0.0897. The van der Waals surface area contributed by atoms with Crippen LogP contribution in [0.25, 0.3) is 0 Å². The summed E-state index contributed by atoms with van der Waals surface area (Å²) in [5.74, 6) is 0.363. The Morgan fingerprint density at radius 2 is 1.80 bits per heavy atom. The molecule has 1 amide bonds. The van der Waals surface area contributed by atoms with Crippen molar-refractivity contribution >= 4 is 6.09 Å². The number of ether oxygens (including phenoxy) is 1. The number of aromatic nitrogens is 4. The fourth-order valence-electron chi connectivity index (χ4n) is 3.94. The summed E-state index contributed by atoms with van der Waals surface area (Å²) in [7, 11) is 0. The maximum Gasteiger partial charge on any atom is 0.409 e. The highest BCUT2D eigenvalue weighted by molar-refractivity contribution is 5.67. The van der Waals surface area contributed by atoms with Gasteiger partial charge in [0.1, 0.15) is 5.82 Å². The number of tetrazole rings is 1. The number of nitrogens with zero attached hydrogens (tertiary/aromatic N) is 5. The van der Waals surface area contributed by atoms with Crippen molar-refractivity contribution in [3.8, 4) is 0 Å². The zero-order valence-corrected chi connectivity index (χ0v) is 16.9. The van der Waals surface area contributed by atoms with Crippen LogP contribution in [0.2, 0.25) is 0 Å². The Bertz CT molecular complexity index is 982. The number of rotatable bonds is 5. The van der Waals surface area contributed by atoms with Crippen LogP contribution in [-0.4, -0.2) is 50.9 Å². The molecule has 1 saturated heterocycles. The van der Waals surface area contributed by atoms with E-state index in [9.17, 15) is 9.18 Å². The SMILES string of the molecule is CCOC(=O)N1CCC(c2ccccc2)(c2nnn(Cc3ccc(F)cc3)n2)CC1. The van der Waals surface area contributed by atoms with Gasteiger partial charge in [-0.3, -0.25) is 0 Å². The van der Waals surface area contributed by atoms with Crippen LogP contribution in [0.3, 0.4) is 0 Å². The van der Waals surface area contributed by atoms with Crippen molar-refractivity contribution in [1.82, 2.24) is 25.1 Å². The molecule has 4 rings (SSSR count). The second-order valence-corrected chi connectivity index (χ2v) is 7.40. The van der Waals surface area contributed by atoms with E-state index in [0.29, 0.717) is 44.9 Å². The molecule has 0 N–H and O–H groups in total. The number of carbonyl (C=O) groups excluding carboxylic acids is 1. The lowest BCUT2D eigenvalue weighted by atomic mass is 9.72. The fraction of sp³-hybridized carbons (Fsp3) is 0.364. The first-order valence-electron chi connectivity index (χ1n) is 10.1. The Morgan fingerprint density at radius 1 is 1.10 bits per heavy atom. The first-order chi connectivity index (χ1) is 14.6. The fourth-order valence-corrected chi connectivity index (χ4v) is 3.94. The minimum atomic E-state index is -0.425. The molecule has 0 spiro atoms. The summed E-state index contributed by atoms with van der Waals surface area (Å²) in [6.45, 7) is 3.69. The van der Waals surface area contributed by atoms with E-state index < -0.39 is 5.41 Å². The number of amides is 1. The zero-order chi connectivity index (χ0) is 21.0. The predicted molar refractivity (Wildman–Crippen MR) is 108 cm³/mol. The van der Waals surface area contributed by atoms with Gasteiger partial charge in [0.2, 0.25) is 0 Å². The maximum atomic E-state index is 13.2. The van der Waals surface area contributed by atoms with Gasteiger partial charge in [-0.2, -0.15) is 4.80 Å². The molecule has 0 atom stereocenters. The van der Waals surface area contributed by atoms with Crippen LogP contribution in [0.1, 0.15) is 36.7 Å². The van der Waals surface area contributed by atoms with E-state index in [4.69, 9.17) is 4.74 Å². The van der Waals surface area contributed by atoms with Crippen LogP contribution in [0.4, 0.5) is 9.18 Å². The summed E-state index contributed by atoms with van der Waals surface area (Å²) in [6, 6.07) is 16.4. The minimum absolute atomic E-state index is 0.276. The average molecular weight is 409 g/mol. The summed E-state index contributed by atoms with van der Waals surface area (Å²) in [4.78, 5) is 15.4. The number of likely N-dealkylation sites (tertiary alicyclic amines) is 1. The Kier molecular flexibility index (Phi) is 5.74. The quantitative estimate of drug-likeness (QED) is 0.646. The number of halogens is 1. The Balaban J connectivity index is 1.59. The Labute approximate surface area is 174 Å². The number of piperidine rings is 1. The molecule has 156 valence electrons. The second-order valence-electron chi connectivity index (χ2n) is 7.40. The van der Waals surface area contributed by atoms with Crippen molar-refractivity contribution in [3.05, 3.63) is 77.4 Å². The highest BCUT2D eigenvalue weighted by Crippen LogP contribution is 2.39.